The van der Waals surface area contributed by atoms with Gasteiger partial charge in [-0.05, 0) is 58.3 Å². The first-order chi connectivity index (χ1) is 13.7. The van der Waals surface area contributed by atoms with Crippen molar-refractivity contribution in [2.75, 3.05) is 5.32 Å². The first kappa shape index (κ1) is 16.5. The standard InChI is InChI=1S/C26H20N2/c1-17-11-12-25-23(15-17)18(2)13-14-27-26(28-25)24-16-19-7-3-4-8-20(19)21-9-5-6-10-22(21)24/h3-16H,2H2,1H3,(H,27,28)/b14-13-. The molecular formula is C26H20N2. The van der Waals surface area contributed by atoms with Crippen LogP contribution in [0.4, 0.5) is 5.69 Å². The number of nitrogens with zero attached hydrogens (tertiary/aromatic N) is 1. The molecule has 0 saturated carbocycles. The number of amidine groups is 1. The molecule has 0 spiro atoms. The summed E-state index contributed by atoms with van der Waals surface area (Å²) in [5.41, 5.74) is 5.39. The van der Waals surface area contributed by atoms with E-state index in [-0.39, 0.29) is 0 Å². The molecule has 0 atom stereocenters. The molecule has 28 heavy (non-hydrogen) atoms. The van der Waals surface area contributed by atoms with Crippen molar-refractivity contribution in [1.82, 2.24) is 0 Å². The fourth-order valence-electron chi connectivity index (χ4n) is 3.87. The predicted molar refractivity (Wildman–Crippen MR) is 121 cm³/mol. The Hall–Kier alpha value is -3.65. The van der Waals surface area contributed by atoms with Crippen molar-refractivity contribution in [2.45, 2.75) is 6.92 Å². The van der Waals surface area contributed by atoms with Gasteiger partial charge in [0, 0.05) is 23.0 Å². The third-order valence-corrected chi connectivity index (χ3v) is 5.28. The van der Waals surface area contributed by atoms with Crippen molar-refractivity contribution in [3.05, 3.63) is 108 Å². The van der Waals surface area contributed by atoms with Gasteiger partial charge in [-0.15, -0.1) is 0 Å². The Labute approximate surface area is 164 Å². The lowest BCUT2D eigenvalue weighted by Crippen LogP contribution is -2.16. The maximum Gasteiger partial charge on any atom is 0.138 e. The van der Waals surface area contributed by atoms with Gasteiger partial charge in [-0.1, -0.05) is 66.7 Å². The molecule has 0 aliphatic carbocycles. The van der Waals surface area contributed by atoms with Crippen LogP contribution < -0.4 is 5.32 Å². The number of allylic oxidation sites excluding steroid dienone is 2. The summed E-state index contributed by atoms with van der Waals surface area (Å²) in [6.45, 7) is 6.29. The Kier molecular flexibility index (Phi) is 3.84. The molecule has 0 amide bonds. The van der Waals surface area contributed by atoms with Crippen molar-refractivity contribution in [3.63, 3.8) is 0 Å². The lowest BCUT2D eigenvalue weighted by molar-refractivity contribution is 1.41. The van der Waals surface area contributed by atoms with E-state index in [2.05, 4.69) is 91.6 Å². The van der Waals surface area contributed by atoms with Gasteiger partial charge in [0.25, 0.3) is 0 Å². The van der Waals surface area contributed by atoms with E-state index in [0.717, 1.165) is 28.2 Å². The number of hydrogen-bond donors (Lipinski definition) is 1. The minimum atomic E-state index is 0.843. The van der Waals surface area contributed by atoms with Crippen molar-refractivity contribution in [1.29, 1.82) is 0 Å². The van der Waals surface area contributed by atoms with Crippen LogP contribution in [0.1, 0.15) is 16.7 Å². The molecule has 1 aliphatic heterocycles. The van der Waals surface area contributed by atoms with Crippen LogP contribution in [0.25, 0.3) is 27.1 Å². The maximum absolute atomic E-state index is 4.75. The van der Waals surface area contributed by atoms with Crippen LogP contribution >= 0.6 is 0 Å². The highest BCUT2D eigenvalue weighted by molar-refractivity contribution is 6.22. The van der Waals surface area contributed by atoms with Crippen molar-refractivity contribution >= 4 is 38.6 Å². The molecule has 134 valence electrons. The molecular weight excluding hydrogens is 340 g/mol. The molecule has 5 rings (SSSR count). The summed E-state index contributed by atoms with van der Waals surface area (Å²) in [6, 6.07) is 25.6. The number of nitrogens with one attached hydrogen (secondary N) is 1. The number of anilines is 1. The molecule has 0 saturated heterocycles. The van der Waals surface area contributed by atoms with E-state index in [1.54, 1.807) is 0 Å². The average Bonchev–Trinajstić information content (AvgIpc) is 2.72. The predicted octanol–water partition coefficient (Wildman–Crippen LogP) is 6.70. The second-order valence-electron chi connectivity index (χ2n) is 7.18. The molecule has 0 radical (unpaired) electrons. The summed E-state index contributed by atoms with van der Waals surface area (Å²) in [5.74, 6) is 0.843. The van der Waals surface area contributed by atoms with Crippen LogP contribution in [0.3, 0.4) is 0 Å². The summed E-state index contributed by atoms with van der Waals surface area (Å²) in [6.07, 6.45) is 3.81. The molecule has 2 heteroatoms. The van der Waals surface area contributed by atoms with E-state index in [4.69, 9.17) is 4.99 Å². The molecule has 0 fully saturated rings. The van der Waals surface area contributed by atoms with Crippen LogP contribution in [-0.4, -0.2) is 5.84 Å². The molecule has 0 unspecified atom stereocenters. The number of rotatable bonds is 1. The van der Waals surface area contributed by atoms with Crippen LogP contribution in [0.5, 0.6) is 0 Å². The molecule has 2 nitrogen and oxygen atoms in total. The Bertz CT molecular complexity index is 1310. The maximum atomic E-state index is 4.75. The van der Waals surface area contributed by atoms with E-state index < -0.39 is 0 Å². The minimum absolute atomic E-state index is 0.843. The van der Waals surface area contributed by atoms with Gasteiger partial charge in [0.1, 0.15) is 5.84 Å². The summed E-state index contributed by atoms with van der Waals surface area (Å²) < 4.78 is 0. The summed E-state index contributed by atoms with van der Waals surface area (Å²) in [7, 11) is 0. The van der Waals surface area contributed by atoms with Crippen molar-refractivity contribution in [2.24, 2.45) is 4.99 Å². The van der Waals surface area contributed by atoms with E-state index in [1.165, 1.54) is 27.1 Å². The smallest absolute Gasteiger partial charge is 0.138 e. The highest BCUT2D eigenvalue weighted by Gasteiger charge is 2.15. The molecule has 4 aromatic carbocycles. The van der Waals surface area contributed by atoms with Gasteiger partial charge in [0.05, 0.1) is 0 Å². The number of fused-ring (bicyclic) bond motifs is 4. The van der Waals surface area contributed by atoms with Gasteiger partial charge < -0.3 is 5.32 Å². The summed E-state index contributed by atoms with van der Waals surface area (Å²) in [4.78, 5) is 4.75. The molecule has 0 aromatic heterocycles. The second kappa shape index (κ2) is 6.50. The van der Waals surface area contributed by atoms with Gasteiger partial charge in [-0.3, -0.25) is 0 Å². The SMILES string of the molecule is C=C1/C=C\N=C(c2cc3ccccc3c3ccccc23)Nc2ccc(C)cc21. The van der Waals surface area contributed by atoms with Crippen LogP contribution in [0, 0.1) is 6.92 Å². The van der Waals surface area contributed by atoms with E-state index in [0.29, 0.717) is 0 Å². The largest absolute Gasteiger partial charge is 0.339 e. The zero-order valence-electron chi connectivity index (χ0n) is 15.7. The van der Waals surface area contributed by atoms with E-state index >= 15 is 0 Å². The van der Waals surface area contributed by atoms with Gasteiger partial charge in [0.15, 0.2) is 0 Å². The monoisotopic (exact) mass is 360 g/mol. The first-order valence-electron chi connectivity index (χ1n) is 9.43. The third-order valence-electron chi connectivity index (χ3n) is 5.28. The number of aliphatic imine (C=N–C) groups is 1. The lowest BCUT2D eigenvalue weighted by Gasteiger charge is -2.18. The van der Waals surface area contributed by atoms with Gasteiger partial charge in [-0.2, -0.15) is 0 Å². The molecule has 1 heterocycles. The summed E-state index contributed by atoms with van der Waals surface area (Å²) >= 11 is 0. The normalized spacial score (nSPS) is 14.8. The number of benzene rings is 4. The lowest BCUT2D eigenvalue weighted by atomic mass is 9.96. The third kappa shape index (κ3) is 2.71. The zero-order chi connectivity index (χ0) is 19.1. The molecule has 0 bridgehead atoms. The van der Waals surface area contributed by atoms with Crippen LogP contribution in [-0.2, 0) is 0 Å². The second-order valence-corrected chi connectivity index (χ2v) is 7.18. The van der Waals surface area contributed by atoms with Crippen LogP contribution in [0.15, 0.2) is 96.6 Å². The molecule has 1 aliphatic rings. The Balaban J connectivity index is 1.77. The fraction of sp³-hybridized carbons (Fsp3) is 0.0385. The van der Waals surface area contributed by atoms with Crippen LogP contribution in [0.2, 0.25) is 0 Å². The Morgan fingerprint density at radius 3 is 2.39 bits per heavy atom. The minimum Gasteiger partial charge on any atom is -0.339 e. The highest BCUT2D eigenvalue weighted by atomic mass is 15.0. The Morgan fingerprint density at radius 1 is 0.786 bits per heavy atom. The molecule has 1 N–H and O–H groups in total. The summed E-state index contributed by atoms with van der Waals surface area (Å²) in [5, 5.41) is 8.46. The fourth-order valence-corrected chi connectivity index (χ4v) is 3.87. The van der Waals surface area contributed by atoms with Crippen molar-refractivity contribution < 1.29 is 0 Å². The van der Waals surface area contributed by atoms with Gasteiger partial charge in [-0.25, -0.2) is 4.99 Å². The van der Waals surface area contributed by atoms with Gasteiger partial charge in [0.2, 0.25) is 0 Å². The number of aryl methyl sites for hydroxylation is 1. The van der Waals surface area contributed by atoms with Crippen molar-refractivity contribution in [3.8, 4) is 0 Å². The quantitative estimate of drug-likeness (QED) is 0.375. The first-order valence-corrected chi connectivity index (χ1v) is 9.43. The van der Waals surface area contributed by atoms with Gasteiger partial charge >= 0.3 is 0 Å². The highest BCUT2D eigenvalue weighted by Crippen LogP contribution is 2.32. The number of hydrogen-bond acceptors (Lipinski definition) is 2. The molecule has 4 aromatic rings. The van der Waals surface area contributed by atoms with E-state index in [1.807, 2.05) is 12.3 Å². The topological polar surface area (TPSA) is 24.4 Å². The Morgan fingerprint density at radius 2 is 1.54 bits per heavy atom. The average molecular weight is 360 g/mol. The van der Waals surface area contributed by atoms with E-state index in [9.17, 15) is 0 Å². The zero-order valence-corrected chi connectivity index (χ0v) is 15.7.